The Bertz CT molecular complexity index is 3550. The molecule has 0 unspecified atom stereocenters. The fourth-order valence-electron chi connectivity index (χ4n) is 8.73. The Labute approximate surface area is 370 Å². The van der Waals surface area contributed by atoms with Crippen LogP contribution in [0, 0.1) is 22.7 Å². The molecule has 0 atom stereocenters. The van der Waals surface area contributed by atoms with Gasteiger partial charge in [-0.15, -0.1) is 0 Å². The van der Waals surface area contributed by atoms with E-state index in [9.17, 15) is 36.9 Å². The summed E-state index contributed by atoms with van der Waals surface area (Å²) in [5.74, 6) is 0. The summed E-state index contributed by atoms with van der Waals surface area (Å²) in [5, 5.41) is 25.5. The second-order valence-corrected chi connectivity index (χ2v) is 15.8. The predicted molar refractivity (Wildman–Crippen MR) is 245 cm³/mol. The van der Waals surface area contributed by atoms with Gasteiger partial charge in [-0.25, -0.2) is 0 Å². The number of halogens is 6. The molecular formula is C54H28F6N4O2. The summed E-state index contributed by atoms with van der Waals surface area (Å²) in [7, 11) is 0. The number of furan rings is 2. The van der Waals surface area contributed by atoms with Crippen LogP contribution >= 0.6 is 0 Å². The fraction of sp³-hybridized carbons (Fsp3) is 0.0370. The molecule has 0 saturated heterocycles. The lowest BCUT2D eigenvalue weighted by molar-refractivity contribution is -0.138. The Morgan fingerprint density at radius 2 is 0.667 bits per heavy atom. The molecule has 318 valence electrons. The monoisotopic (exact) mass is 878 g/mol. The zero-order chi connectivity index (χ0) is 45.5. The van der Waals surface area contributed by atoms with Crippen molar-refractivity contribution in [2.75, 3.05) is 9.80 Å². The molecule has 9 aromatic carbocycles. The van der Waals surface area contributed by atoms with Gasteiger partial charge in [0.05, 0.1) is 34.4 Å². The fourth-order valence-corrected chi connectivity index (χ4v) is 8.73. The molecule has 12 heteroatoms. The molecule has 2 aromatic heterocycles. The molecule has 66 heavy (non-hydrogen) atoms. The first-order valence-electron chi connectivity index (χ1n) is 20.5. The number of hydrogen-bond donors (Lipinski definition) is 0. The van der Waals surface area contributed by atoms with Gasteiger partial charge in [0.1, 0.15) is 22.3 Å². The summed E-state index contributed by atoms with van der Waals surface area (Å²) in [6.07, 6.45) is -8.98. The molecule has 11 aromatic rings. The van der Waals surface area contributed by atoms with E-state index in [0.717, 1.165) is 67.4 Å². The normalized spacial score (nSPS) is 12.1. The van der Waals surface area contributed by atoms with Gasteiger partial charge in [0.15, 0.2) is 0 Å². The maximum Gasteiger partial charge on any atom is 0.416 e. The van der Waals surface area contributed by atoms with Gasteiger partial charge >= 0.3 is 12.4 Å². The quantitative estimate of drug-likeness (QED) is 0.155. The number of benzene rings is 9. The standard InChI is InChI=1S/C54H28F6N4O2/c55-53(56,57)35-7-15-39(16-8-35)63(37-11-1-31(29-61)2-12-37)41-19-23-43-33(25-41)5-21-45-47-27-50-48(28-49(47)65-51(43)45)46-22-6-34-26-42(20-24-44(34)52(46)66-50)64(38-13-3-32(30-62)4-14-38)40-17-9-36(10-18-40)54(58,59)60/h1-28H. The highest BCUT2D eigenvalue weighted by Gasteiger charge is 2.31. The van der Waals surface area contributed by atoms with Gasteiger partial charge < -0.3 is 18.6 Å². The van der Waals surface area contributed by atoms with Crippen molar-refractivity contribution in [2.24, 2.45) is 0 Å². The molecule has 6 nitrogen and oxygen atoms in total. The third kappa shape index (κ3) is 6.75. The summed E-state index contributed by atoms with van der Waals surface area (Å²) in [5.41, 5.74) is 5.67. The van der Waals surface area contributed by atoms with E-state index >= 15 is 0 Å². The maximum atomic E-state index is 13.5. The molecule has 0 fully saturated rings. The van der Waals surface area contributed by atoms with Crippen LogP contribution in [0.4, 0.5) is 60.5 Å². The second-order valence-electron chi connectivity index (χ2n) is 15.8. The molecule has 0 radical (unpaired) electrons. The van der Waals surface area contributed by atoms with Gasteiger partial charge in [-0.2, -0.15) is 36.9 Å². The molecule has 0 aliphatic rings. The van der Waals surface area contributed by atoms with E-state index in [0.29, 0.717) is 67.6 Å². The first-order valence-corrected chi connectivity index (χ1v) is 20.5. The average molecular weight is 879 g/mol. The zero-order valence-corrected chi connectivity index (χ0v) is 34.0. The number of hydrogen-bond acceptors (Lipinski definition) is 6. The van der Waals surface area contributed by atoms with Gasteiger partial charge in [-0.3, -0.25) is 0 Å². The number of nitriles is 2. The van der Waals surface area contributed by atoms with Crippen LogP contribution in [0.1, 0.15) is 22.3 Å². The van der Waals surface area contributed by atoms with Crippen molar-refractivity contribution < 1.29 is 35.2 Å². The van der Waals surface area contributed by atoms with Crippen LogP contribution in [0.3, 0.4) is 0 Å². The number of fused-ring (bicyclic) bond motifs is 10. The van der Waals surface area contributed by atoms with Crippen molar-refractivity contribution in [3.05, 3.63) is 192 Å². The van der Waals surface area contributed by atoms with Crippen LogP contribution < -0.4 is 9.80 Å². The highest BCUT2D eigenvalue weighted by Crippen LogP contribution is 2.45. The minimum Gasteiger partial charge on any atom is -0.455 e. The van der Waals surface area contributed by atoms with E-state index in [1.165, 1.54) is 24.3 Å². The number of alkyl halides is 6. The first-order chi connectivity index (χ1) is 31.8. The Morgan fingerprint density at radius 3 is 1.00 bits per heavy atom. The van der Waals surface area contributed by atoms with Crippen molar-refractivity contribution in [3.8, 4) is 12.1 Å². The lowest BCUT2D eigenvalue weighted by Crippen LogP contribution is -2.11. The lowest BCUT2D eigenvalue weighted by atomic mass is 10.0. The number of anilines is 6. The van der Waals surface area contributed by atoms with E-state index in [-0.39, 0.29) is 0 Å². The summed E-state index contributed by atoms with van der Waals surface area (Å²) in [4.78, 5) is 3.66. The molecule has 0 aliphatic carbocycles. The molecule has 0 saturated carbocycles. The van der Waals surface area contributed by atoms with E-state index in [1.807, 2.05) is 82.6 Å². The summed E-state index contributed by atoms with van der Waals surface area (Å²) < 4.78 is 94.2. The van der Waals surface area contributed by atoms with Crippen LogP contribution in [0.5, 0.6) is 0 Å². The van der Waals surface area contributed by atoms with Gasteiger partial charge in [0, 0.05) is 66.4 Å². The van der Waals surface area contributed by atoms with Crippen LogP contribution in [0.15, 0.2) is 179 Å². The topological polar surface area (TPSA) is 80.3 Å². The minimum absolute atomic E-state index is 0.449. The van der Waals surface area contributed by atoms with Crippen molar-refractivity contribution in [1.82, 2.24) is 0 Å². The Kier molecular flexibility index (Phi) is 9.06. The summed E-state index contributed by atoms with van der Waals surface area (Å²) >= 11 is 0. The smallest absolute Gasteiger partial charge is 0.416 e. The molecule has 0 bridgehead atoms. The van der Waals surface area contributed by atoms with Crippen molar-refractivity contribution >= 4 is 99.5 Å². The average Bonchev–Trinajstić information content (AvgIpc) is 3.88. The largest absolute Gasteiger partial charge is 0.455 e. The highest BCUT2D eigenvalue weighted by atomic mass is 19.4. The summed E-state index contributed by atoms with van der Waals surface area (Å²) in [6, 6.07) is 51.1. The molecule has 0 aliphatic heterocycles. The maximum absolute atomic E-state index is 13.5. The molecule has 0 spiro atoms. The number of nitrogens with zero attached hydrogens (tertiary/aromatic N) is 4. The Balaban J connectivity index is 0.979. The van der Waals surface area contributed by atoms with Gasteiger partial charge in [0.25, 0.3) is 0 Å². The molecule has 2 heterocycles. The van der Waals surface area contributed by atoms with E-state index in [2.05, 4.69) is 12.1 Å². The van der Waals surface area contributed by atoms with Crippen LogP contribution in [-0.2, 0) is 12.4 Å². The second kappa shape index (κ2) is 14.9. The van der Waals surface area contributed by atoms with E-state index in [4.69, 9.17) is 8.83 Å². The summed E-state index contributed by atoms with van der Waals surface area (Å²) in [6.45, 7) is 0. The van der Waals surface area contributed by atoms with Crippen molar-refractivity contribution in [3.63, 3.8) is 0 Å². The third-order valence-electron chi connectivity index (χ3n) is 11.9. The minimum atomic E-state index is -4.49. The van der Waals surface area contributed by atoms with Gasteiger partial charge in [-0.1, -0.05) is 12.1 Å². The van der Waals surface area contributed by atoms with Crippen LogP contribution in [0.25, 0.3) is 65.4 Å². The SMILES string of the molecule is N#Cc1ccc(N(c2ccc(C(F)(F)F)cc2)c2ccc3c(ccc4c5cc6oc7c8ccc(N(c9ccc(C#N)cc9)c9ccc(C(F)(F)F)cc9)cc8ccc7c6cc5oc34)c2)cc1. The van der Waals surface area contributed by atoms with E-state index < -0.39 is 23.5 Å². The highest BCUT2D eigenvalue weighted by molar-refractivity contribution is 6.21. The lowest BCUT2D eigenvalue weighted by Gasteiger charge is -2.26. The zero-order valence-electron chi connectivity index (χ0n) is 34.0. The van der Waals surface area contributed by atoms with Gasteiger partial charge in [0.2, 0.25) is 0 Å². The third-order valence-corrected chi connectivity index (χ3v) is 11.9. The van der Waals surface area contributed by atoms with Gasteiger partial charge in [-0.05, 0) is 168 Å². The molecule has 11 rings (SSSR count). The Morgan fingerprint density at radius 1 is 0.348 bits per heavy atom. The molecular weight excluding hydrogens is 851 g/mol. The van der Waals surface area contributed by atoms with Crippen molar-refractivity contribution in [1.29, 1.82) is 10.5 Å². The first kappa shape index (κ1) is 40.1. The number of rotatable bonds is 6. The van der Waals surface area contributed by atoms with E-state index in [1.54, 1.807) is 48.5 Å². The molecule has 0 N–H and O–H groups in total. The van der Waals surface area contributed by atoms with Crippen LogP contribution in [0.2, 0.25) is 0 Å². The predicted octanol–water partition coefficient (Wildman–Crippen LogP) is 16.5. The van der Waals surface area contributed by atoms with Crippen LogP contribution in [-0.4, -0.2) is 0 Å². The Hall–Kier alpha value is -8.74. The van der Waals surface area contributed by atoms with Crippen molar-refractivity contribution in [2.45, 2.75) is 12.4 Å². The molecule has 0 amide bonds.